The van der Waals surface area contributed by atoms with E-state index in [-0.39, 0.29) is 29.0 Å². The van der Waals surface area contributed by atoms with Gasteiger partial charge in [-0.05, 0) is 17.7 Å². The molecule has 3 rings (SSSR count). The molecule has 0 atom stereocenters. The van der Waals surface area contributed by atoms with Crippen LogP contribution in [0.15, 0.2) is 45.7 Å². The summed E-state index contributed by atoms with van der Waals surface area (Å²) < 4.78 is 39.6. The van der Waals surface area contributed by atoms with Gasteiger partial charge in [0.1, 0.15) is 5.52 Å². The highest BCUT2D eigenvalue weighted by Crippen LogP contribution is 2.33. The number of hydrogen-bond donors (Lipinski definition) is 1. The standard InChI is InChI=1S/C19H20N2O6S/c1-4-28(23,24)13-7-5-12(6-8-13)9-18(22)21-19-20-14-10-16(25-2)17(26-3)11-15(14)27-19/h5-8,10-11H,4,9H2,1-3H3,(H,20,21,22). The normalized spacial score (nSPS) is 11.4. The summed E-state index contributed by atoms with van der Waals surface area (Å²) >= 11 is 0. The zero-order chi connectivity index (χ0) is 20.3. The summed E-state index contributed by atoms with van der Waals surface area (Å²) in [6, 6.07) is 9.57. The Morgan fingerprint density at radius 2 is 1.75 bits per heavy atom. The van der Waals surface area contributed by atoms with Crippen LogP contribution in [0.2, 0.25) is 0 Å². The Balaban J connectivity index is 1.72. The summed E-state index contributed by atoms with van der Waals surface area (Å²) in [5.74, 6) is 0.686. The van der Waals surface area contributed by atoms with E-state index in [4.69, 9.17) is 13.9 Å². The highest BCUT2D eigenvalue weighted by atomic mass is 32.2. The molecule has 1 heterocycles. The molecule has 8 nitrogen and oxygen atoms in total. The summed E-state index contributed by atoms with van der Waals surface area (Å²) in [4.78, 5) is 16.7. The molecular formula is C19H20N2O6S. The fourth-order valence-corrected chi connectivity index (χ4v) is 3.52. The Bertz CT molecular complexity index is 1060. The molecule has 0 aliphatic carbocycles. The summed E-state index contributed by atoms with van der Waals surface area (Å²) in [5, 5.41) is 2.59. The molecule has 3 aromatic rings. The van der Waals surface area contributed by atoms with Crippen LogP contribution in [0.4, 0.5) is 6.01 Å². The Labute approximate surface area is 162 Å². The lowest BCUT2D eigenvalue weighted by Crippen LogP contribution is -2.14. The number of carbonyl (C=O) groups is 1. The number of benzene rings is 2. The first-order valence-electron chi connectivity index (χ1n) is 8.50. The second kappa shape index (κ2) is 7.89. The van der Waals surface area contributed by atoms with E-state index in [0.717, 1.165) is 0 Å². The maximum absolute atomic E-state index is 12.3. The van der Waals surface area contributed by atoms with E-state index in [9.17, 15) is 13.2 Å². The lowest BCUT2D eigenvalue weighted by atomic mass is 10.1. The molecule has 0 saturated heterocycles. The molecule has 0 unspecified atom stereocenters. The Hall–Kier alpha value is -3.07. The number of rotatable bonds is 7. The number of carbonyl (C=O) groups excluding carboxylic acids is 1. The SMILES string of the molecule is CCS(=O)(=O)c1ccc(CC(=O)Nc2nc3cc(OC)c(OC)cc3o2)cc1. The third kappa shape index (κ3) is 4.09. The lowest BCUT2D eigenvalue weighted by Gasteiger charge is -2.05. The number of nitrogens with one attached hydrogen (secondary N) is 1. The first-order chi connectivity index (χ1) is 13.4. The minimum Gasteiger partial charge on any atom is -0.493 e. The maximum Gasteiger partial charge on any atom is 0.302 e. The minimum atomic E-state index is -3.26. The third-order valence-electron chi connectivity index (χ3n) is 4.17. The first kappa shape index (κ1) is 19.7. The van der Waals surface area contributed by atoms with Crippen molar-refractivity contribution in [1.82, 2.24) is 4.98 Å². The van der Waals surface area contributed by atoms with Crippen molar-refractivity contribution in [2.24, 2.45) is 0 Å². The Morgan fingerprint density at radius 3 is 2.36 bits per heavy atom. The number of amides is 1. The van der Waals surface area contributed by atoms with Gasteiger partial charge >= 0.3 is 6.01 Å². The number of hydrogen-bond acceptors (Lipinski definition) is 7. The van der Waals surface area contributed by atoms with E-state index in [2.05, 4.69) is 10.3 Å². The van der Waals surface area contributed by atoms with Crippen LogP contribution < -0.4 is 14.8 Å². The number of ether oxygens (including phenoxy) is 2. The molecule has 9 heteroatoms. The van der Waals surface area contributed by atoms with Crippen molar-refractivity contribution in [3.05, 3.63) is 42.0 Å². The first-order valence-corrected chi connectivity index (χ1v) is 10.2. The van der Waals surface area contributed by atoms with Gasteiger partial charge in [0, 0.05) is 12.1 Å². The van der Waals surface area contributed by atoms with Crippen molar-refractivity contribution in [1.29, 1.82) is 0 Å². The van der Waals surface area contributed by atoms with Gasteiger partial charge in [-0.3, -0.25) is 10.1 Å². The second-order valence-electron chi connectivity index (χ2n) is 5.97. The predicted molar refractivity (Wildman–Crippen MR) is 104 cm³/mol. The molecule has 1 amide bonds. The molecule has 2 aromatic carbocycles. The number of methoxy groups -OCH3 is 2. The predicted octanol–water partition coefficient (Wildman–Crippen LogP) is 2.82. The highest BCUT2D eigenvalue weighted by molar-refractivity contribution is 7.91. The average molecular weight is 404 g/mol. The summed E-state index contributed by atoms with van der Waals surface area (Å²) in [6.45, 7) is 1.59. The Morgan fingerprint density at radius 1 is 1.11 bits per heavy atom. The van der Waals surface area contributed by atoms with Gasteiger partial charge in [0.25, 0.3) is 0 Å². The van der Waals surface area contributed by atoms with Crippen molar-refractivity contribution < 1.29 is 27.1 Å². The van der Waals surface area contributed by atoms with Gasteiger partial charge in [0.05, 0.1) is 31.3 Å². The van der Waals surface area contributed by atoms with E-state index in [1.165, 1.54) is 26.4 Å². The van der Waals surface area contributed by atoms with Crippen LogP contribution in [0.3, 0.4) is 0 Å². The van der Waals surface area contributed by atoms with Gasteiger partial charge in [0.2, 0.25) is 5.91 Å². The van der Waals surface area contributed by atoms with Crippen LogP contribution in [0.25, 0.3) is 11.1 Å². The molecule has 0 aliphatic rings. The second-order valence-corrected chi connectivity index (χ2v) is 8.24. The van der Waals surface area contributed by atoms with Crippen LogP contribution in [0, 0.1) is 0 Å². The zero-order valence-electron chi connectivity index (χ0n) is 15.7. The molecule has 28 heavy (non-hydrogen) atoms. The van der Waals surface area contributed by atoms with Crippen LogP contribution in [-0.4, -0.2) is 39.3 Å². The summed E-state index contributed by atoms with van der Waals surface area (Å²) in [6.07, 6.45) is 0.0534. The third-order valence-corrected chi connectivity index (χ3v) is 5.92. The number of aromatic nitrogens is 1. The molecule has 0 radical (unpaired) electrons. The van der Waals surface area contributed by atoms with Gasteiger partial charge in [-0.2, -0.15) is 4.98 Å². The number of nitrogens with zero attached hydrogens (tertiary/aromatic N) is 1. The molecule has 148 valence electrons. The zero-order valence-corrected chi connectivity index (χ0v) is 16.5. The van der Waals surface area contributed by atoms with Gasteiger partial charge in [-0.25, -0.2) is 8.42 Å². The topological polar surface area (TPSA) is 108 Å². The largest absolute Gasteiger partial charge is 0.493 e. The fourth-order valence-electron chi connectivity index (χ4n) is 2.64. The van der Waals surface area contributed by atoms with Gasteiger partial charge in [-0.1, -0.05) is 19.1 Å². The van der Waals surface area contributed by atoms with Crippen LogP contribution >= 0.6 is 0 Å². The van der Waals surface area contributed by atoms with Crippen molar-refractivity contribution in [2.75, 3.05) is 25.3 Å². The van der Waals surface area contributed by atoms with Crippen LogP contribution in [0.5, 0.6) is 11.5 Å². The summed E-state index contributed by atoms with van der Waals surface area (Å²) in [5.41, 5.74) is 1.64. The molecule has 0 aliphatic heterocycles. The molecule has 0 bridgehead atoms. The van der Waals surface area contributed by atoms with Gasteiger partial charge in [0.15, 0.2) is 26.9 Å². The van der Waals surface area contributed by atoms with Gasteiger partial charge < -0.3 is 13.9 Å². The number of anilines is 1. The molecule has 1 N–H and O–H groups in total. The van der Waals surface area contributed by atoms with Crippen LogP contribution in [-0.2, 0) is 21.1 Å². The smallest absolute Gasteiger partial charge is 0.302 e. The monoisotopic (exact) mass is 404 g/mol. The van der Waals surface area contributed by atoms with Crippen molar-refractivity contribution in [3.63, 3.8) is 0 Å². The highest BCUT2D eigenvalue weighted by Gasteiger charge is 2.15. The fraction of sp³-hybridized carbons (Fsp3) is 0.263. The molecule has 0 spiro atoms. The molecular weight excluding hydrogens is 384 g/mol. The van der Waals surface area contributed by atoms with Gasteiger partial charge in [-0.15, -0.1) is 0 Å². The number of oxazole rings is 1. The molecule has 0 fully saturated rings. The average Bonchev–Trinajstić information content (AvgIpc) is 3.07. The Kier molecular flexibility index (Phi) is 5.55. The van der Waals surface area contributed by atoms with Crippen molar-refractivity contribution in [2.45, 2.75) is 18.2 Å². The van der Waals surface area contributed by atoms with E-state index < -0.39 is 9.84 Å². The minimum absolute atomic E-state index is 0.0279. The van der Waals surface area contributed by atoms with E-state index in [1.54, 1.807) is 31.2 Å². The maximum atomic E-state index is 12.3. The molecule has 1 aromatic heterocycles. The lowest BCUT2D eigenvalue weighted by molar-refractivity contribution is -0.115. The number of fused-ring (bicyclic) bond motifs is 1. The van der Waals surface area contributed by atoms with E-state index >= 15 is 0 Å². The van der Waals surface area contributed by atoms with E-state index in [1.807, 2.05) is 0 Å². The quantitative estimate of drug-likeness (QED) is 0.645. The van der Waals surface area contributed by atoms with Crippen molar-refractivity contribution >= 4 is 32.9 Å². The molecule has 0 saturated carbocycles. The van der Waals surface area contributed by atoms with E-state index in [0.29, 0.717) is 28.2 Å². The van der Waals surface area contributed by atoms with Crippen molar-refractivity contribution in [3.8, 4) is 11.5 Å². The van der Waals surface area contributed by atoms with Crippen LogP contribution in [0.1, 0.15) is 12.5 Å². The number of sulfone groups is 1. The summed E-state index contributed by atoms with van der Waals surface area (Å²) in [7, 11) is -0.233.